The van der Waals surface area contributed by atoms with Gasteiger partial charge in [0.25, 0.3) is 0 Å². The first-order chi connectivity index (χ1) is 17.8. The van der Waals surface area contributed by atoms with Gasteiger partial charge in [-0.05, 0) is 42.0 Å². The molecule has 0 unspecified atom stereocenters. The highest BCUT2D eigenvalue weighted by molar-refractivity contribution is 6.30. The number of aliphatic hydroxyl groups is 1. The fraction of sp³-hybridized carbons (Fsp3) is 0.355. The smallest absolute Gasteiger partial charge is 0.163 e. The number of likely N-dealkylation sites (tertiary alicyclic amines) is 1. The first-order valence-electron chi connectivity index (χ1n) is 13.0. The lowest BCUT2D eigenvalue weighted by atomic mass is 9.83. The van der Waals surface area contributed by atoms with E-state index in [4.69, 9.17) is 11.6 Å². The number of quaternary nitrogens is 1. The predicted octanol–water partition coefficient (Wildman–Crippen LogP) is 6.60. The van der Waals surface area contributed by atoms with Gasteiger partial charge in [0, 0.05) is 54.7 Å². The molecule has 37 heavy (non-hydrogen) atoms. The fourth-order valence-electron chi connectivity index (χ4n) is 5.39. The minimum atomic E-state index is -0.907. The van der Waals surface area contributed by atoms with Crippen LogP contribution in [0.25, 0.3) is 0 Å². The summed E-state index contributed by atoms with van der Waals surface area (Å²) in [5.41, 5.74) is 1.23. The molecule has 4 nitrogen and oxygen atoms in total. The largest absolute Gasteiger partial charge is 0.385 e. The highest BCUT2D eigenvalue weighted by Crippen LogP contribution is 2.37. The Labute approximate surface area is 223 Å². The molecule has 0 bridgehead atoms. The number of ketones is 2. The van der Waals surface area contributed by atoms with Gasteiger partial charge in [0.1, 0.15) is 11.4 Å². The molecule has 1 heterocycles. The quantitative estimate of drug-likeness (QED) is 0.228. The third kappa shape index (κ3) is 7.13. The first-order valence-corrected chi connectivity index (χ1v) is 13.4. The Morgan fingerprint density at radius 1 is 0.784 bits per heavy atom. The second kappa shape index (κ2) is 12.1. The lowest BCUT2D eigenvalue weighted by Crippen LogP contribution is -2.57. The van der Waals surface area contributed by atoms with Gasteiger partial charge in [-0.3, -0.25) is 9.59 Å². The molecule has 6 heteroatoms. The maximum atomic E-state index is 13.2. The van der Waals surface area contributed by atoms with Crippen molar-refractivity contribution in [3.63, 3.8) is 0 Å². The highest BCUT2D eigenvalue weighted by Gasteiger charge is 2.42. The lowest BCUT2D eigenvalue weighted by Gasteiger charge is -2.47. The van der Waals surface area contributed by atoms with Crippen LogP contribution in [-0.4, -0.2) is 47.3 Å². The molecule has 0 spiro atoms. The molecular formula is C31H34ClFNO3+. The third-order valence-electron chi connectivity index (χ3n) is 7.72. The van der Waals surface area contributed by atoms with E-state index in [1.54, 1.807) is 0 Å². The summed E-state index contributed by atoms with van der Waals surface area (Å²) in [5, 5.41) is 12.1. The zero-order chi connectivity index (χ0) is 26.3. The van der Waals surface area contributed by atoms with Crippen molar-refractivity contribution in [1.82, 2.24) is 0 Å². The van der Waals surface area contributed by atoms with Crippen LogP contribution in [0.15, 0.2) is 78.9 Å². The predicted molar refractivity (Wildman–Crippen MR) is 144 cm³/mol. The SMILES string of the molecule is O=C(CCC[N+]1(CCCC(=O)c2ccc(F)cc2)CCC(O)(c2ccc(Cl)cc2)CC1)c1ccccc1. The van der Waals surface area contributed by atoms with Crippen molar-refractivity contribution in [3.8, 4) is 0 Å². The van der Waals surface area contributed by atoms with Crippen molar-refractivity contribution in [3.05, 3.63) is 106 Å². The van der Waals surface area contributed by atoms with E-state index in [-0.39, 0.29) is 17.4 Å². The van der Waals surface area contributed by atoms with E-state index in [1.807, 2.05) is 54.6 Å². The van der Waals surface area contributed by atoms with Gasteiger partial charge in [-0.1, -0.05) is 54.1 Å². The Hall–Kier alpha value is -2.86. The molecule has 1 N–H and O–H groups in total. The third-order valence-corrected chi connectivity index (χ3v) is 7.97. The second-order valence-electron chi connectivity index (χ2n) is 10.2. The van der Waals surface area contributed by atoms with Gasteiger partial charge < -0.3 is 9.59 Å². The number of Topliss-reactive ketones (excluding diaryl/α,β-unsaturated/α-hetero) is 2. The minimum Gasteiger partial charge on any atom is -0.385 e. The molecular weight excluding hydrogens is 489 g/mol. The molecule has 1 aliphatic rings. The zero-order valence-corrected chi connectivity index (χ0v) is 21.8. The normalized spacial score (nSPS) is 21.5. The number of piperidine rings is 1. The topological polar surface area (TPSA) is 54.4 Å². The molecule has 0 radical (unpaired) electrons. The van der Waals surface area contributed by atoms with E-state index < -0.39 is 5.60 Å². The van der Waals surface area contributed by atoms with Gasteiger partial charge >= 0.3 is 0 Å². The Morgan fingerprint density at radius 2 is 1.30 bits per heavy atom. The molecule has 1 fully saturated rings. The van der Waals surface area contributed by atoms with Crippen LogP contribution in [0.3, 0.4) is 0 Å². The summed E-state index contributed by atoms with van der Waals surface area (Å²) in [6.45, 7) is 3.15. The molecule has 1 aliphatic heterocycles. The van der Waals surface area contributed by atoms with Crippen LogP contribution in [0.5, 0.6) is 0 Å². The summed E-state index contributed by atoms with van der Waals surface area (Å²) in [5.74, 6) is -0.209. The maximum Gasteiger partial charge on any atom is 0.163 e. The summed E-state index contributed by atoms with van der Waals surface area (Å²) in [7, 11) is 0. The summed E-state index contributed by atoms with van der Waals surface area (Å²) < 4.78 is 14.0. The maximum absolute atomic E-state index is 13.2. The van der Waals surface area contributed by atoms with Crippen LogP contribution in [-0.2, 0) is 5.60 Å². The summed E-state index contributed by atoms with van der Waals surface area (Å²) in [6, 6.07) is 22.4. The Bertz CT molecular complexity index is 1190. The van der Waals surface area contributed by atoms with Gasteiger partial charge in [-0.15, -0.1) is 0 Å². The number of hydrogen-bond acceptors (Lipinski definition) is 3. The van der Waals surface area contributed by atoms with E-state index in [1.165, 1.54) is 24.3 Å². The van der Waals surface area contributed by atoms with Crippen LogP contribution in [0.1, 0.15) is 64.8 Å². The Balaban J connectivity index is 1.40. The van der Waals surface area contributed by atoms with Crippen LogP contribution in [0.4, 0.5) is 4.39 Å². The van der Waals surface area contributed by atoms with Crippen molar-refractivity contribution in [1.29, 1.82) is 0 Å². The molecule has 0 amide bonds. The minimum absolute atomic E-state index is 0.00656. The molecule has 4 rings (SSSR count). The lowest BCUT2D eigenvalue weighted by molar-refractivity contribution is -0.935. The van der Waals surface area contributed by atoms with Crippen LogP contribution in [0, 0.1) is 5.82 Å². The van der Waals surface area contributed by atoms with Crippen molar-refractivity contribution in [2.24, 2.45) is 0 Å². The number of hydrogen-bond donors (Lipinski definition) is 1. The van der Waals surface area contributed by atoms with E-state index >= 15 is 0 Å². The van der Waals surface area contributed by atoms with Crippen molar-refractivity contribution >= 4 is 23.2 Å². The number of rotatable bonds is 11. The number of carbonyl (C=O) groups is 2. The molecule has 3 aromatic carbocycles. The molecule has 0 atom stereocenters. The molecule has 194 valence electrons. The van der Waals surface area contributed by atoms with Crippen LogP contribution in [0.2, 0.25) is 5.02 Å². The van der Waals surface area contributed by atoms with E-state index in [0.717, 1.165) is 48.2 Å². The van der Waals surface area contributed by atoms with E-state index in [9.17, 15) is 19.1 Å². The number of nitrogens with zero attached hydrogens (tertiary/aromatic N) is 1. The highest BCUT2D eigenvalue weighted by atomic mass is 35.5. The van der Waals surface area contributed by atoms with Gasteiger partial charge in [-0.25, -0.2) is 4.39 Å². The van der Waals surface area contributed by atoms with Crippen LogP contribution >= 0.6 is 11.6 Å². The van der Waals surface area contributed by atoms with Gasteiger partial charge in [0.15, 0.2) is 11.6 Å². The first kappa shape index (κ1) is 27.2. The molecule has 0 aliphatic carbocycles. The molecule has 3 aromatic rings. The monoisotopic (exact) mass is 522 g/mol. The van der Waals surface area contributed by atoms with Gasteiger partial charge in [-0.2, -0.15) is 0 Å². The Morgan fingerprint density at radius 3 is 1.84 bits per heavy atom. The average Bonchev–Trinajstić information content (AvgIpc) is 2.91. The molecule has 0 aromatic heterocycles. The number of carbonyl (C=O) groups excluding carboxylic acids is 2. The van der Waals surface area contributed by atoms with Crippen molar-refractivity contribution in [2.75, 3.05) is 26.2 Å². The van der Waals surface area contributed by atoms with Crippen LogP contribution < -0.4 is 0 Å². The van der Waals surface area contributed by atoms with E-state index in [2.05, 4.69) is 0 Å². The second-order valence-corrected chi connectivity index (χ2v) is 10.6. The Kier molecular flexibility index (Phi) is 8.91. The van der Waals surface area contributed by atoms with Gasteiger partial charge in [0.2, 0.25) is 0 Å². The van der Waals surface area contributed by atoms with E-state index in [0.29, 0.717) is 42.7 Å². The molecule has 0 saturated carbocycles. The average molecular weight is 523 g/mol. The number of benzene rings is 3. The summed E-state index contributed by atoms with van der Waals surface area (Å²) in [6.07, 6.45) is 3.51. The number of halogens is 2. The summed E-state index contributed by atoms with van der Waals surface area (Å²) in [4.78, 5) is 25.3. The van der Waals surface area contributed by atoms with Crippen molar-refractivity contribution in [2.45, 2.75) is 44.1 Å². The summed E-state index contributed by atoms with van der Waals surface area (Å²) >= 11 is 6.04. The standard InChI is InChI=1S/C31H34ClFNO3/c32-27-14-12-26(13-15-27)31(37)18-22-34(23-19-31,20-4-8-29(35)24-6-2-1-3-7-24)21-5-9-30(36)25-10-16-28(33)17-11-25/h1-3,6-7,10-17,37H,4-5,8-9,18-23H2/q+1. The fourth-order valence-corrected chi connectivity index (χ4v) is 5.51. The van der Waals surface area contributed by atoms with Crippen molar-refractivity contribution < 1.29 is 23.6 Å². The van der Waals surface area contributed by atoms with Gasteiger partial charge in [0.05, 0.1) is 26.2 Å². The molecule has 1 saturated heterocycles. The zero-order valence-electron chi connectivity index (χ0n) is 21.0.